The quantitative estimate of drug-likeness (QED) is 0.808. The number of carbonyl (C=O) groups is 1. The summed E-state index contributed by atoms with van der Waals surface area (Å²) in [5, 5.41) is 6.11. The van der Waals surface area contributed by atoms with Crippen molar-refractivity contribution in [2.24, 2.45) is 0 Å². The van der Waals surface area contributed by atoms with E-state index in [9.17, 15) is 9.59 Å². The predicted octanol–water partition coefficient (Wildman–Crippen LogP) is 2.71. The fourth-order valence-electron chi connectivity index (χ4n) is 2.38. The number of aromatic nitrogens is 2. The van der Waals surface area contributed by atoms with Crippen molar-refractivity contribution in [2.75, 3.05) is 5.32 Å². The van der Waals surface area contributed by atoms with E-state index >= 15 is 0 Å². The van der Waals surface area contributed by atoms with Crippen LogP contribution in [0.25, 0.3) is 10.9 Å². The van der Waals surface area contributed by atoms with Gasteiger partial charge in [0.1, 0.15) is 6.54 Å². The monoisotopic (exact) mass is 313 g/mol. The first kappa shape index (κ1) is 14.5. The van der Waals surface area contributed by atoms with E-state index in [1.807, 2.05) is 43.5 Å². The number of nitrogens with zero attached hydrogens (tertiary/aromatic N) is 2. The van der Waals surface area contributed by atoms with Gasteiger partial charge in [-0.3, -0.25) is 14.2 Å². The number of nitrogens with one attached hydrogen (secondary N) is 1. The zero-order valence-electron chi connectivity index (χ0n) is 12.3. The minimum atomic E-state index is -0.259. The molecule has 22 heavy (non-hydrogen) atoms. The second-order valence-electron chi connectivity index (χ2n) is 5.11. The van der Waals surface area contributed by atoms with Crippen molar-refractivity contribution in [1.82, 2.24) is 9.55 Å². The molecule has 2 aromatic heterocycles. The summed E-state index contributed by atoms with van der Waals surface area (Å²) in [6.07, 6.45) is 0. The molecule has 0 saturated carbocycles. The van der Waals surface area contributed by atoms with Crippen LogP contribution in [0.5, 0.6) is 0 Å². The van der Waals surface area contributed by atoms with Crippen molar-refractivity contribution in [1.29, 1.82) is 0 Å². The number of anilines is 1. The van der Waals surface area contributed by atoms with Gasteiger partial charge in [-0.25, -0.2) is 4.98 Å². The summed E-state index contributed by atoms with van der Waals surface area (Å²) in [6.45, 7) is 3.73. The number of amides is 1. The van der Waals surface area contributed by atoms with E-state index in [2.05, 4.69) is 10.3 Å². The van der Waals surface area contributed by atoms with Gasteiger partial charge in [0.25, 0.3) is 5.56 Å². The molecule has 0 spiro atoms. The molecule has 0 aliphatic heterocycles. The molecule has 0 saturated heterocycles. The van der Waals surface area contributed by atoms with Gasteiger partial charge < -0.3 is 5.32 Å². The molecule has 5 nitrogen and oxygen atoms in total. The summed E-state index contributed by atoms with van der Waals surface area (Å²) in [6, 6.07) is 9.14. The summed E-state index contributed by atoms with van der Waals surface area (Å²) in [7, 11) is 0. The number of fused-ring (bicyclic) bond motifs is 1. The maximum atomic E-state index is 12.2. The molecular weight excluding hydrogens is 298 g/mol. The third-order valence-electron chi connectivity index (χ3n) is 3.39. The van der Waals surface area contributed by atoms with Gasteiger partial charge >= 0.3 is 0 Å². The van der Waals surface area contributed by atoms with Crippen LogP contribution in [0.4, 0.5) is 5.13 Å². The van der Waals surface area contributed by atoms with Crippen molar-refractivity contribution in [3.63, 3.8) is 0 Å². The summed E-state index contributed by atoms with van der Waals surface area (Å²) < 4.78 is 1.48. The number of aryl methyl sites for hydroxylation is 2. The normalized spacial score (nSPS) is 10.8. The topological polar surface area (TPSA) is 64.0 Å². The Kier molecular flexibility index (Phi) is 3.77. The van der Waals surface area contributed by atoms with Crippen LogP contribution in [0.15, 0.2) is 40.5 Å². The molecule has 1 aromatic carbocycles. The average molecular weight is 313 g/mol. The molecule has 0 aliphatic carbocycles. The van der Waals surface area contributed by atoms with Crippen LogP contribution in [0.2, 0.25) is 0 Å². The van der Waals surface area contributed by atoms with Crippen molar-refractivity contribution in [2.45, 2.75) is 20.4 Å². The molecule has 0 radical (unpaired) electrons. The molecule has 0 atom stereocenters. The van der Waals surface area contributed by atoms with Gasteiger partial charge in [-0.1, -0.05) is 18.2 Å². The van der Waals surface area contributed by atoms with Crippen molar-refractivity contribution < 1.29 is 4.79 Å². The van der Waals surface area contributed by atoms with Crippen LogP contribution >= 0.6 is 11.3 Å². The summed E-state index contributed by atoms with van der Waals surface area (Å²) in [5.41, 5.74) is 2.35. The average Bonchev–Trinajstić information content (AvgIpc) is 2.88. The van der Waals surface area contributed by atoms with Gasteiger partial charge in [-0.15, -0.1) is 11.3 Å². The number of hydrogen-bond donors (Lipinski definition) is 1. The minimum Gasteiger partial charge on any atom is -0.300 e. The first-order chi connectivity index (χ1) is 10.5. The Morgan fingerprint density at radius 2 is 2.09 bits per heavy atom. The SMILES string of the molecule is Cc1csc(NC(=O)Cn2c(=O)cc(C)c3ccccc32)n1. The zero-order valence-corrected chi connectivity index (χ0v) is 13.1. The Hall–Kier alpha value is -2.47. The summed E-state index contributed by atoms with van der Waals surface area (Å²) in [4.78, 5) is 28.6. The Morgan fingerprint density at radius 3 is 2.82 bits per heavy atom. The third-order valence-corrected chi connectivity index (χ3v) is 4.27. The molecule has 3 aromatic rings. The minimum absolute atomic E-state index is 0.0295. The zero-order chi connectivity index (χ0) is 15.7. The van der Waals surface area contributed by atoms with E-state index in [4.69, 9.17) is 0 Å². The second-order valence-corrected chi connectivity index (χ2v) is 5.97. The van der Waals surface area contributed by atoms with Crippen molar-refractivity contribution in [3.05, 3.63) is 57.3 Å². The maximum absolute atomic E-state index is 12.2. The Labute approximate surface area is 131 Å². The van der Waals surface area contributed by atoms with E-state index in [-0.39, 0.29) is 18.0 Å². The predicted molar refractivity (Wildman–Crippen MR) is 88.4 cm³/mol. The number of para-hydroxylation sites is 1. The first-order valence-electron chi connectivity index (χ1n) is 6.86. The van der Waals surface area contributed by atoms with E-state index in [1.54, 1.807) is 6.07 Å². The molecule has 2 heterocycles. The largest absolute Gasteiger partial charge is 0.300 e. The molecule has 0 unspecified atom stereocenters. The molecule has 112 valence electrons. The highest BCUT2D eigenvalue weighted by atomic mass is 32.1. The number of thiazole rings is 1. The number of hydrogen-bond acceptors (Lipinski definition) is 4. The molecule has 0 fully saturated rings. The van der Waals surface area contributed by atoms with Crippen molar-refractivity contribution in [3.8, 4) is 0 Å². The summed E-state index contributed by atoms with van der Waals surface area (Å²) in [5.74, 6) is -0.259. The maximum Gasteiger partial charge on any atom is 0.251 e. The second kappa shape index (κ2) is 5.73. The Balaban J connectivity index is 1.93. The van der Waals surface area contributed by atoms with Gasteiger partial charge in [0.05, 0.1) is 11.2 Å². The van der Waals surface area contributed by atoms with Gasteiger partial charge in [-0.2, -0.15) is 0 Å². The lowest BCUT2D eigenvalue weighted by Crippen LogP contribution is -2.27. The number of carbonyl (C=O) groups excluding carboxylic acids is 1. The lowest BCUT2D eigenvalue weighted by atomic mass is 10.1. The fraction of sp³-hybridized carbons (Fsp3) is 0.188. The third kappa shape index (κ3) is 2.78. The standard InChI is InChI=1S/C16H15N3O2S/c1-10-7-15(21)19(13-6-4-3-5-12(10)13)8-14(20)18-16-17-11(2)9-22-16/h3-7,9H,8H2,1-2H3,(H,17,18,20). The fourth-order valence-corrected chi connectivity index (χ4v) is 3.08. The lowest BCUT2D eigenvalue weighted by Gasteiger charge is -2.11. The molecule has 0 bridgehead atoms. The van der Waals surface area contributed by atoms with E-state index in [0.29, 0.717) is 5.13 Å². The van der Waals surface area contributed by atoms with Gasteiger partial charge in [-0.05, 0) is 25.5 Å². The lowest BCUT2D eigenvalue weighted by molar-refractivity contribution is -0.116. The number of rotatable bonds is 3. The van der Waals surface area contributed by atoms with Crippen LogP contribution < -0.4 is 10.9 Å². The van der Waals surface area contributed by atoms with Gasteiger partial charge in [0.2, 0.25) is 5.91 Å². The first-order valence-corrected chi connectivity index (χ1v) is 7.74. The number of pyridine rings is 1. The van der Waals surface area contributed by atoms with E-state index < -0.39 is 0 Å². The molecule has 3 rings (SSSR count). The highest BCUT2D eigenvalue weighted by Crippen LogP contribution is 2.17. The van der Waals surface area contributed by atoms with Gasteiger partial charge in [0.15, 0.2) is 5.13 Å². The van der Waals surface area contributed by atoms with Crippen molar-refractivity contribution >= 4 is 33.3 Å². The van der Waals surface area contributed by atoms with Crippen LogP contribution in [-0.4, -0.2) is 15.5 Å². The van der Waals surface area contributed by atoms with Gasteiger partial charge in [0, 0.05) is 16.8 Å². The highest BCUT2D eigenvalue weighted by Gasteiger charge is 2.11. The van der Waals surface area contributed by atoms with Crippen LogP contribution in [0.3, 0.4) is 0 Å². The molecule has 1 N–H and O–H groups in total. The molecule has 0 aliphatic rings. The van der Waals surface area contributed by atoms with Crippen LogP contribution in [-0.2, 0) is 11.3 Å². The molecular formula is C16H15N3O2S. The van der Waals surface area contributed by atoms with Crippen LogP contribution in [0.1, 0.15) is 11.3 Å². The van der Waals surface area contributed by atoms with Crippen LogP contribution in [0, 0.1) is 13.8 Å². The molecule has 1 amide bonds. The Morgan fingerprint density at radius 1 is 1.32 bits per heavy atom. The van der Waals surface area contributed by atoms with E-state index in [0.717, 1.165) is 22.2 Å². The Bertz CT molecular complexity index is 911. The summed E-state index contributed by atoms with van der Waals surface area (Å²) >= 11 is 1.37. The van der Waals surface area contributed by atoms with E-state index in [1.165, 1.54) is 15.9 Å². The number of benzene rings is 1. The highest BCUT2D eigenvalue weighted by molar-refractivity contribution is 7.13. The smallest absolute Gasteiger partial charge is 0.251 e. The molecule has 6 heteroatoms.